The lowest BCUT2D eigenvalue weighted by atomic mass is 9.95. The van der Waals surface area contributed by atoms with E-state index in [1.807, 2.05) is 6.92 Å². The first-order chi connectivity index (χ1) is 8.26. The van der Waals surface area contributed by atoms with Gasteiger partial charge in [0.15, 0.2) is 11.4 Å². The molecule has 94 valence electrons. The quantitative estimate of drug-likeness (QED) is 0.771. The molecule has 3 nitrogen and oxygen atoms in total. The summed E-state index contributed by atoms with van der Waals surface area (Å²) < 4.78 is 0. The van der Waals surface area contributed by atoms with E-state index in [4.69, 9.17) is 0 Å². The van der Waals surface area contributed by atoms with Crippen LogP contribution >= 0.6 is 11.3 Å². The summed E-state index contributed by atoms with van der Waals surface area (Å²) in [4.78, 5) is 18.6. The Balaban J connectivity index is 2.14. The lowest BCUT2D eigenvalue weighted by Crippen LogP contribution is -2.33. The molecule has 0 atom stereocenters. The number of aryl methyl sites for hydroxylation is 1. The van der Waals surface area contributed by atoms with Gasteiger partial charge in [0.25, 0.3) is 0 Å². The van der Waals surface area contributed by atoms with Crippen LogP contribution < -0.4 is 4.90 Å². The first-order valence-electron chi connectivity index (χ1n) is 6.44. The predicted octanol–water partition coefficient (Wildman–Crippen LogP) is 3.29. The summed E-state index contributed by atoms with van der Waals surface area (Å²) in [7, 11) is 2.11. The highest BCUT2D eigenvalue weighted by molar-refractivity contribution is 7.17. The molecular weight excluding hydrogens is 232 g/mol. The monoisotopic (exact) mass is 252 g/mol. The molecule has 4 heteroatoms. The number of rotatable bonds is 4. The van der Waals surface area contributed by atoms with Crippen LogP contribution in [0, 0.1) is 0 Å². The summed E-state index contributed by atoms with van der Waals surface area (Å²) in [5.41, 5.74) is 0.947. The number of thiazole rings is 1. The van der Waals surface area contributed by atoms with E-state index in [0.717, 1.165) is 28.4 Å². The average molecular weight is 252 g/mol. The molecule has 1 aromatic rings. The Morgan fingerprint density at radius 3 is 2.65 bits per heavy atom. The van der Waals surface area contributed by atoms with E-state index in [2.05, 4.69) is 16.9 Å². The van der Waals surface area contributed by atoms with E-state index in [0.29, 0.717) is 6.04 Å². The van der Waals surface area contributed by atoms with Gasteiger partial charge >= 0.3 is 0 Å². The molecule has 0 amide bonds. The number of aldehydes is 1. The van der Waals surface area contributed by atoms with E-state index in [9.17, 15) is 4.79 Å². The molecule has 0 bridgehead atoms. The average Bonchev–Trinajstić information content (AvgIpc) is 2.82. The second-order valence-corrected chi connectivity index (χ2v) is 5.69. The maximum Gasteiger partial charge on any atom is 0.186 e. The summed E-state index contributed by atoms with van der Waals surface area (Å²) in [6.07, 6.45) is 8.30. The fraction of sp³-hybridized carbons (Fsp3) is 0.692. The highest BCUT2D eigenvalue weighted by Gasteiger charge is 2.21. The standard InChI is InChI=1S/C13H20N2OS/c1-3-11-12(9-16)17-13(14-11)15(2)10-7-5-4-6-8-10/h9-10H,3-8H2,1-2H3. The predicted molar refractivity (Wildman–Crippen MR) is 72.2 cm³/mol. The third-order valence-corrected chi connectivity index (χ3v) is 4.70. The van der Waals surface area contributed by atoms with Crippen LogP contribution in [0.5, 0.6) is 0 Å². The Hall–Kier alpha value is -0.900. The zero-order valence-electron chi connectivity index (χ0n) is 10.6. The minimum absolute atomic E-state index is 0.610. The van der Waals surface area contributed by atoms with Gasteiger partial charge < -0.3 is 4.90 Å². The van der Waals surface area contributed by atoms with Gasteiger partial charge in [-0.2, -0.15) is 0 Å². The lowest BCUT2D eigenvalue weighted by molar-refractivity contribution is 0.112. The number of aromatic nitrogens is 1. The van der Waals surface area contributed by atoms with E-state index >= 15 is 0 Å². The molecule has 1 aromatic heterocycles. The van der Waals surface area contributed by atoms with Crippen molar-refractivity contribution >= 4 is 22.8 Å². The van der Waals surface area contributed by atoms with E-state index in [1.165, 1.54) is 43.4 Å². The number of hydrogen-bond donors (Lipinski definition) is 0. The first kappa shape index (κ1) is 12.6. The molecule has 1 saturated carbocycles. The number of carbonyl (C=O) groups excluding carboxylic acids is 1. The van der Waals surface area contributed by atoms with Gasteiger partial charge in [-0.25, -0.2) is 4.98 Å². The maximum atomic E-state index is 11.0. The Bertz CT molecular complexity index is 383. The number of nitrogens with zero attached hydrogens (tertiary/aromatic N) is 2. The van der Waals surface area contributed by atoms with Gasteiger partial charge in [-0.1, -0.05) is 37.5 Å². The molecule has 0 aliphatic heterocycles. The second-order valence-electron chi connectivity index (χ2n) is 4.68. The SMILES string of the molecule is CCc1nc(N(C)C2CCCCC2)sc1C=O. The molecule has 0 radical (unpaired) electrons. The number of anilines is 1. The molecule has 1 fully saturated rings. The van der Waals surface area contributed by atoms with Crippen molar-refractivity contribution in [3.05, 3.63) is 10.6 Å². The van der Waals surface area contributed by atoms with Crippen LogP contribution in [0.15, 0.2) is 0 Å². The first-order valence-corrected chi connectivity index (χ1v) is 7.25. The normalized spacial score (nSPS) is 17.1. The highest BCUT2D eigenvalue weighted by atomic mass is 32.1. The number of carbonyl (C=O) groups is 1. The van der Waals surface area contributed by atoms with Crippen molar-refractivity contribution in [1.29, 1.82) is 0 Å². The molecule has 0 unspecified atom stereocenters. The van der Waals surface area contributed by atoms with E-state index < -0.39 is 0 Å². The van der Waals surface area contributed by atoms with Crippen molar-refractivity contribution in [3.8, 4) is 0 Å². The highest BCUT2D eigenvalue weighted by Crippen LogP contribution is 2.30. The topological polar surface area (TPSA) is 33.2 Å². The second kappa shape index (κ2) is 5.63. The fourth-order valence-corrected chi connectivity index (χ4v) is 3.47. The van der Waals surface area contributed by atoms with Crippen molar-refractivity contribution in [1.82, 2.24) is 4.98 Å². The zero-order chi connectivity index (χ0) is 12.3. The summed E-state index contributed by atoms with van der Waals surface area (Å²) in [6.45, 7) is 2.05. The molecule has 1 aliphatic rings. The Morgan fingerprint density at radius 1 is 1.41 bits per heavy atom. The van der Waals surface area contributed by atoms with Crippen LogP contribution in [-0.2, 0) is 6.42 Å². The van der Waals surface area contributed by atoms with Gasteiger partial charge in [0.05, 0.1) is 10.6 Å². The van der Waals surface area contributed by atoms with Gasteiger partial charge in [-0.05, 0) is 19.3 Å². The molecule has 0 aromatic carbocycles. The Labute approximate surface area is 107 Å². The largest absolute Gasteiger partial charge is 0.348 e. The zero-order valence-corrected chi connectivity index (χ0v) is 11.4. The molecule has 1 heterocycles. The van der Waals surface area contributed by atoms with Crippen LogP contribution in [0.2, 0.25) is 0 Å². The van der Waals surface area contributed by atoms with Gasteiger partial charge in [0.1, 0.15) is 0 Å². The minimum atomic E-state index is 0.610. The summed E-state index contributed by atoms with van der Waals surface area (Å²) in [6, 6.07) is 0.610. The van der Waals surface area contributed by atoms with Crippen molar-refractivity contribution < 1.29 is 4.79 Å². The Kier molecular flexibility index (Phi) is 4.15. The van der Waals surface area contributed by atoms with Crippen molar-refractivity contribution in [3.63, 3.8) is 0 Å². The molecule has 0 spiro atoms. The van der Waals surface area contributed by atoms with Crippen LogP contribution in [0.3, 0.4) is 0 Å². The fourth-order valence-electron chi connectivity index (χ4n) is 2.47. The van der Waals surface area contributed by atoms with Crippen molar-refractivity contribution in [2.45, 2.75) is 51.5 Å². The van der Waals surface area contributed by atoms with Crippen LogP contribution in [0.25, 0.3) is 0 Å². The van der Waals surface area contributed by atoms with Gasteiger partial charge in [-0.3, -0.25) is 4.79 Å². The molecule has 2 rings (SSSR count). The lowest BCUT2D eigenvalue weighted by Gasteiger charge is -2.30. The molecule has 0 saturated heterocycles. The molecule has 0 N–H and O–H groups in total. The minimum Gasteiger partial charge on any atom is -0.348 e. The van der Waals surface area contributed by atoms with Gasteiger partial charge in [0, 0.05) is 13.1 Å². The van der Waals surface area contributed by atoms with Gasteiger partial charge in [-0.15, -0.1) is 0 Å². The molecular formula is C13H20N2OS. The summed E-state index contributed by atoms with van der Waals surface area (Å²) >= 11 is 1.53. The summed E-state index contributed by atoms with van der Waals surface area (Å²) in [5.74, 6) is 0. The van der Waals surface area contributed by atoms with Crippen LogP contribution in [0.1, 0.15) is 54.4 Å². The third kappa shape index (κ3) is 2.68. The molecule has 1 aliphatic carbocycles. The van der Waals surface area contributed by atoms with Crippen LogP contribution in [-0.4, -0.2) is 24.4 Å². The van der Waals surface area contributed by atoms with E-state index in [-0.39, 0.29) is 0 Å². The number of hydrogen-bond acceptors (Lipinski definition) is 4. The maximum absolute atomic E-state index is 11.0. The van der Waals surface area contributed by atoms with Crippen molar-refractivity contribution in [2.75, 3.05) is 11.9 Å². The van der Waals surface area contributed by atoms with Crippen molar-refractivity contribution in [2.24, 2.45) is 0 Å². The summed E-state index contributed by atoms with van der Waals surface area (Å²) in [5, 5.41) is 1.01. The van der Waals surface area contributed by atoms with E-state index in [1.54, 1.807) is 0 Å². The van der Waals surface area contributed by atoms with Crippen LogP contribution in [0.4, 0.5) is 5.13 Å². The smallest absolute Gasteiger partial charge is 0.186 e. The Morgan fingerprint density at radius 2 is 2.12 bits per heavy atom. The third-order valence-electron chi connectivity index (χ3n) is 3.58. The van der Waals surface area contributed by atoms with Gasteiger partial charge in [0.2, 0.25) is 0 Å². The molecule has 17 heavy (non-hydrogen) atoms.